The lowest BCUT2D eigenvalue weighted by atomic mass is 9.99. The topological polar surface area (TPSA) is 57.1 Å². The highest BCUT2D eigenvalue weighted by Gasteiger charge is 2.18. The maximum Gasteiger partial charge on any atom is 0.374 e. The Bertz CT molecular complexity index is 779. The molecule has 142 valence electrons. The molecule has 3 rings (SSSR count). The quantitative estimate of drug-likeness (QED) is 0.303. The molecule has 1 saturated carbocycles. The van der Waals surface area contributed by atoms with Gasteiger partial charge >= 0.3 is 5.97 Å². The number of rotatable bonds is 6. The molecule has 0 aromatic heterocycles. The van der Waals surface area contributed by atoms with Gasteiger partial charge in [-0.3, -0.25) is 0 Å². The maximum atomic E-state index is 12.0. The van der Waals surface area contributed by atoms with Crippen molar-refractivity contribution in [3.63, 3.8) is 0 Å². The van der Waals surface area contributed by atoms with E-state index in [9.17, 15) is 4.79 Å². The standard InChI is InChI=1S/C21H22INO4/c1-15(21(24)27-23-17-5-3-2-4-6-17)25-18-11-13-20(14-12-18)26-19-9-7-16(22)8-10-19/h7-15H,2-6H2,1H3. The Morgan fingerprint density at radius 1 is 0.926 bits per heavy atom. The van der Waals surface area contributed by atoms with E-state index in [-0.39, 0.29) is 0 Å². The van der Waals surface area contributed by atoms with Crippen molar-refractivity contribution < 1.29 is 19.1 Å². The van der Waals surface area contributed by atoms with Gasteiger partial charge in [-0.25, -0.2) is 4.79 Å². The molecule has 5 nitrogen and oxygen atoms in total. The molecule has 0 heterocycles. The van der Waals surface area contributed by atoms with Crippen LogP contribution in [0.15, 0.2) is 53.7 Å². The molecule has 1 aliphatic rings. The zero-order valence-corrected chi connectivity index (χ0v) is 17.3. The van der Waals surface area contributed by atoms with Crippen LogP contribution in [0.1, 0.15) is 39.0 Å². The molecule has 0 bridgehead atoms. The van der Waals surface area contributed by atoms with Crippen molar-refractivity contribution in [1.82, 2.24) is 0 Å². The fraction of sp³-hybridized carbons (Fsp3) is 0.333. The lowest BCUT2D eigenvalue weighted by molar-refractivity contribution is -0.151. The van der Waals surface area contributed by atoms with Crippen LogP contribution in [-0.2, 0) is 9.63 Å². The Morgan fingerprint density at radius 2 is 1.48 bits per heavy atom. The molecule has 0 amide bonds. The highest BCUT2D eigenvalue weighted by molar-refractivity contribution is 14.1. The van der Waals surface area contributed by atoms with Crippen molar-refractivity contribution in [3.05, 3.63) is 52.1 Å². The van der Waals surface area contributed by atoms with Crippen LogP contribution in [0.4, 0.5) is 0 Å². The molecule has 0 saturated heterocycles. The molecule has 0 spiro atoms. The van der Waals surface area contributed by atoms with Crippen molar-refractivity contribution in [1.29, 1.82) is 0 Å². The predicted molar refractivity (Wildman–Crippen MR) is 112 cm³/mol. The van der Waals surface area contributed by atoms with Gasteiger partial charge in [0.15, 0.2) is 6.10 Å². The van der Waals surface area contributed by atoms with Gasteiger partial charge < -0.3 is 14.3 Å². The summed E-state index contributed by atoms with van der Waals surface area (Å²) in [5, 5.41) is 3.98. The minimum absolute atomic E-state index is 0.493. The monoisotopic (exact) mass is 479 g/mol. The Balaban J connectivity index is 1.50. The number of ether oxygens (including phenoxy) is 2. The normalized spacial score (nSPS) is 15.0. The zero-order chi connectivity index (χ0) is 19.1. The van der Waals surface area contributed by atoms with E-state index in [1.165, 1.54) is 6.42 Å². The number of benzene rings is 2. The molecule has 0 aliphatic heterocycles. The van der Waals surface area contributed by atoms with Crippen LogP contribution in [0.3, 0.4) is 0 Å². The maximum absolute atomic E-state index is 12.0. The van der Waals surface area contributed by atoms with E-state index in [1.807, 2.05) is 24.3 Å². The van der Waals surface area contributed by atoms with Crippen LogP contribution in [-0.4, -0.2) is 17.8 Å². The molecule has 2 aromatic rings. The van der Waals surface area contributed by atoms with Crippen LogP contribution in [0.5, 0.6) is 17.2 Å². The van der Waals surface area contributed by atoms with Gasteiger partial charge in [0.1, 0.15) is 17.2 Å². The number of halogens is 1. The van der Waals surface area contributed by atoms with Crippen LogP contribution >= 0.6 is 22.6 Å². The largest absolute Gasteiger partial charge is 0.479 e. The first kappa shape index (κ1) is 19.7. The van der Waals surface area contributed by atoms with Gasteiger partial charge in [0.25, 0.3) is 0 Å². The molecule has 1 aliphatic carbocycles. The minimum Gasteiger partial charge on any atom is -0.479 e. The van der Waals surface area contributed by atoms with Crippen LogP contribution in [0, 0.1) is 3.57 Å². The summed E-state index contributed by atoms with van der Waals surface area (Å²) in [5.41, 5.74) is 0.957. The number of hydrogen-bond acceptors (Lipinski definition) is 5. The van der Waals surface area contributed by atoms with Crippen molar-refractivity contribution in [2.75, 3.05) is 0 Å². The summed E-state index contributed by atoms with van der Waals surface area (Å²) in [6, 6.07) is 14.9. The third-order valence-electron chi connectivity index (χ3n) is 4.21. The third kappa shape index (κ3) is 6.23. The molecule has 1 unspecified atom stereocenters. The summed E-state index contributed by atoms with van der Waals surface area (Å²) in [4.78, 5) is 17.1. The molecule has 6 heteroatoms. The van der Waals surface area contributed by atoms with Crippen LogP contribution in [0.25, 0.3) is 0 Å². The van der Waals surface area contributed by atoms with E-state index < -0.39 is 12.1 Å². The number of carbonyl (C=O) groups excluding carboxylic acids is 1. The molecule has 0 radical (unpaired) electrons. The summed E-state index contributed by atoms with van der Waals surface area (Å²) in [7, 11) is 0. The average Bonchev–Trinajstić information content (AvgIpc) is 2.70. The van der Waals surface area contributed by atoms with E-state index in [0.717, 1.165) is 40.7 Å². The molecule has 2 aromatic carbocycles. The Kier molecular flexibility index (Phi) is 7.09. The van der Waals surface area contributed by atoms with Crippen molar-refractivity contribution in [2.45, 2.75) is 45.1 Å². The second kappa shape index (κ2) is 9.73. The second-order valence-electron chi connectivity index (χ2n) is 6.42. The van der Waals surface area contributed by atoms with E-state index in [2.05, 4.69) is 27.7 Å². The van der Waals surface area contributed by atoms with E-state index in [1.54, 1.807) is 31.2 Å². The fourth-order valence-electron chi connectivity index (χ4n) is 2.71. The first-order valence-corrected chi connectivity index (χ1v) is 10.1. The average molecular weight is 479 g/mol. The second-order valence-corrected chi connectivity index (χ2v) is 7.66. The highest BCUT2D eigenvalue weighted by Crippen LogP contribution is 2.25. The summed E-state index contributed by atoms with van der Waals surface area (Å²) >= 11 is 2.25. The summed E-state index contributed by atoms with van der Waals surface area (Å²) in [5.74, 6) is 1.54. The van der Waals surface area contributed by atoms with Gasteiger partial charge in [0.2, 0.25) is 0 Å². The van der Waals surface area contributed by atoms with Gasteiger partial charge in [-0.15, -0.1) is 0 Å². The molecule has 27 heavy (non-hydrogen) atoms. The minimum atomic E-state index is -0.735. The molecular weight excluding hydrogens is 457 g/mol. The number of nitrogens with zero attached hydrogens (tertiary/aromatic N) is 1. The Labute approximate surface area is 172 Å². The molecule has 0 N–H and O–H groups in total. The third-order valence-corrected chi connectivity index (χ3v) is 4.93. The predicted octanol–water partition coefficient (Wildman–Crippen LogP) is 5.71. The van der Waals surface area contributed by atoms with Crippen molar-refractivity contribution in [2.24, 2.45) is 5.16 Å². The number of hydrogen-bond donors (Lipinski definition) is 0. The van der Waals surface area contributed by atoms with Crippen molar-refractivity contribution in [3.8, 4) is 17.2 Å². The van der Waals surface area contributed by atoms with E-state index in [0.29, 0.717) is 11.5 Å². The lowest BCUT2D eigenvalue weighted by Gasteiger charge is -2.14. The Hall–Kier alpha value is -2.09. The first-order chi connectivity index (χ1) is 13.1. The SMILES string of the molecule is CC(Oc1ccc(Oc2ccc(I)cc2)cc1)C(=O)ON=C1CCCCC1. The van der Waals surface area contributed by atoms with Gasteiger partial charge in [-0.2, -0.15) is 0 Å². The van der Waals surface area contributed by atoms with Crippen molar-refractivity contribution >= 4 is 34.3 Å². The number of carbonyl (C=O) groups is 1. The number of oxime groups is 1. The molecular formula is C21H22INO4. The Morgan fingerprint density at radius 3 is 2.11 bits per heavy atom. The fourth-order valence-corrected chi connectivity index (χ4v) is 3.07. The first-order valence-electron chi connectivity index (χ1n) is 9.07. The summed E-state index contributed by atoms with van der Waals surface area (Å²) in [6.45, 7) is 1.65. The lowest BCUT2D eigenvalue weighted by Crippen LogP contribution is -2.25. The highest BCUT2D eigenvalue weighted by atomic mass is 127. The summed E-state index contributed by atoms with van der Waals surface area (Å²) in [6.07, 6.45) is 4.52. The van der Waals surface area contributed by atoms with Gasteiger partial charge in [0, 0.05) is 3.57 Å². The molecule has 1 atom stereocenters. The van der Waals surface area contributed by atoms with Crippen LogP contribution < -0.4 is 9.47 Å². The van der Waals surface area contributed by atoms with Crippen LogP contribution in [0.2, 0.25) is 0 Å². The smallest absolute Gasteiger partial charge is 0.374 e. The zero-order valence-electron chi connectivity index (χ0n) is 15.2. The van der Waals surface area contributed by atoms with Gasteiger partial charge in [-0.05, 0) is 104 Å². The van der Waals surface area contributed by atoms with E-state index >= 15 is 0 Å². The summed E-state index contributed by atoms with van der Waals surface area (Å²) < 4.78 is 12.6. The molecule has 1 fully saturated rings. The van der Waals surface area contributed by atoms with Gasteiger partial charge in [0.05, 0.1) is 5.71 Å². The van der Waals surface area contributed by atoms with Gasteiger partial charge in [-0.1, -0.05) is 11.6 Å². The van der Waals surface area contributed by atoms with E-state index in [4.69, 9.17) is 14.3 Å².